The average Bonchev–Trinajstić information content (AvgIpc) is 2.21. The Morgan fingerprint density at radius 2 is 1.88 bits per heavy atom. The van der Waals surface area contributed by atoms with Crippen LogP contribution in [0.5, 0.6) is 0 Å². The van der Waals surface area contributed by atoms with Gasteiger partial charge in [0.2, 0.25) is 0 Å². The Morgan fingerprint density at radius 3 is 2.29 bits per heavy atom. The maximum atomic E-state index is 11.1. The molecule has 0 aromatic heterocycles. The Hall–Kier alpha value is -0.330. The van der Waals surface area contributed by atoms with Crippen molar-refractivity contribution >= 4 is 33.0 Å². The van der Waals surface area contributed by atoms with Crippen molar-refractivity contribution in [2.24, 2.45) is 5.84 Å². The fourth-order valence-electron chi connectivity index (χ4n) is 1.49. The first kappa shape index (κ1) is 14.7. The molecule has 4 nitrogen and oxygen atoms in total. The second-order valence-corrected chi connectivity index (χ2v) is 6.85. The number of rotatable bonds is 5. The summed E-state index contributed by atoms with van der Waals surface area (Å²) in [6.45, 7) is 0. The van der Waals surface area contributed by atoms with Gasteiger partial charge in [-0.05, 0) is 18.6 Å². The van der Waals surface area contributed by atoms with E-state index >= 15 is 0 Å². The van der Waals surface area contributed by atoms with E-state index in [-0.39, 0.29) is 11.8 Å². The highest BCUT2D eigenvalue weighted by molar-refractivity contribution is 7.90. The van der Waals surface area contributed by atoms with Gasteiger partial charge in [0.1, 0.15) is 9.84 Å². The normalized spacial score (nSPS) is 13.6. The molecule has 96 valence electrons. The molecule has 17 heavy (non-hydrogen) atoms. The molecule has 0 amide bonds. The molecule has 1 aromatic carbocycles. The Morgan fingerprint density at radius 1 is 1.35 bits per heavy atom. The zero-order valence-electron chi connectivity index (χ0n) is 9.28. The van der Waals surface area contributed by atoms with Crippen LogP contribution in [0.4, 0.5) is 0 Å². The van der Waals surface area contributed by atoms with Crippen molar-refractivity contribution in [3.8, 4) is 0 Å². The van der Waals surface area contributed by atoms with E-state index in [2.05, 4.69) is 5.43 Å². The average molecular weight is 297 g/mol. The number of hydrazine groups is 1. The third-order valence-electron chi connectivity index (χ3n) is 2.33. The minimum Gasteiger partial charge on any atom is -0.271 e. The van der Waals surface area contributed by atoms with E-state index in [9.17, 15) is 8.42 Å². The number of halogens is 2. The molecule has 7 heteroatoms. The van der Waals surface area contributed by atoms with Gasteiger partial charge in [-0.3, -0.25) is 11.3 Å². The standard InChI is InChI=1S/C10H14Cl2N2O2S/c1-17(15,16)6-5-9(14-13)10-7(11)3-2-4-8(10)12/h2-4,9,14H,5-6,13H2,1H3. The largest absolute Gasteiger partial charge is 0.271 e. The summed E-state index contributed by atoms with van der Waals surface area (Å²) in [5.41, 5.74) is 3.17. The van der Waals surface area contributed by atoms with E-state index < -0.39 is 9.84 Å². The summed E-state index contributed by atoms with van der Waals surface area (Å²) in [7, 11) is -3.04. The monoisotopic (exact) mass is 296 g/mol. The maximum absolute atomic E-state index is 11.1. The first-order valence-electron chi connectivity index (χ1n) is 4.93. The van der Waals surface area contributed by atoms with E-state index in [1.165, 1.54) is 6.26 Å². The van der Waals surface area contributed by atoms with Crippen molar-refractivity contribution in [1.29, 1.82) is 0 Å². The van der Waals surface area contributed by atoms with Crippen molar-refractivity contribution in [2.75, 3.05) is 12.0 Å². The Bertz CT molecular complexity index is 471. The third-order valence-corrected chi connectivity index (χ3v) is 3.96. The third kappa shape index (κ3) is 4.44. The highest BCUT2D eigenvalue weighted by Gasteiger charge is 2.18. The number of hydrogen-bond donors (Lipinski definition) is 2. The van der Waals surface area contributed by atoms with Crippen molar-refractivity contribution < 1.29 is 8.42 Å². The Kier molecular flexibility index (Phi) is 5.22. The molecular weight excluding hydrogens is 283 g/mol. The fourth-order valence-corrected chi connectivity index (χ4v) is 2.81. The minimum atomic E-state index is -3.04. The van der Waals surface area contributed by atoms with Crippen LogP contribution in [0, 0.1) is 0 Å². The van der Waals surface area contributed by atoms with Gasteiger partial charge in [0, 0.05) is 27.9 Å². The van der Waals surface area contributed by atoms with Gasteiger partial charge in [0.05, 0.1) is 5.75 Å². The molecule has 0 aliphatic heterocycles. The second-order valence-electron chi connectivity index (χ2n) is 3.77. The SMILES string of the molecule is CS(=O)(=O)CCC(NN)c1c(Cl)cccc1Cl. The summed E-state index contributed by atoms with van der Waals surface area (Å²) < 4.78 is 22.2. The lowest BCUT2D eigenvalue weighted by Gasteiger charge is -2.18. The fraction of sp³-hybridized carbons (Fsp3) is 0.400. The Balaban J connectivity index is 2.94. The van der Waals surface area contributed by atoms with Gasteiger partial charge < -0.3 is 0 Å². The first-order valence-corrected chi connectivity index (χ1v) is 7.74. The van der Waals surface area contributed by atoms with Crippen LogP contribution in [0.2, 0.25) is 10.0 Å². The predicted molar refractivity (Wildman–Crippen MR) is 70.9 cm³/mol. The van der Waals surface area contributed by atoms with Crippen molar-refractivity contribution in [2.45, 2.75) is 12.5 Å². The van der Waals surface area contributed by atoms with Gasteiger partial charge in [0.15, 0.2) is 0 Å². The zero-order valence-corrected chi connectivity index (χ0v) is 11.6. The minimum absolute atomic E-state index is 0.0173. The van der Waals surface area contributed by atoms with Gasteiger partial charge >= 0.3 is 0 Å². The molecule has 1 unspecified atom stereocenters. The smallest absolute Gasteiger partial charge is 0.147 e. The molecule has 3 N–H and O–H groups in total. The number of nitrogens with one attached hydrogen (secondary N) is 1. The van der Waals surface area contributed by atoms with E-state index in [0.717, 1.165) is 0 Å². The molecule has 0 aliphatic rings. The quantitative estimate of drug-likeness (QED) is 0.643. The molecule has 0 bridgehead atoms. The van der Waals surface area contributed by atoms with Crippen LogP contribution in [0.1, 0.15) is 18.0 Å². The maximum Gasteiger partial charge on any atom is 0.147 e. The van der Waals surface area contributed by atoms with Crippen LogP contribution in [-0.4, -0.2) is 20.4 Å². The lowest BCUT2D eigenvalue weighted by atomic mass is 10.1. The summed E-state index contributed by atoms with van der Waals surface area (Å²) in [5.74, 6) is 5.43. The number of benzene rings is 1. The molecule has 0 saturated heterocycles. The summed E-state index contributed by atoms with van der Waals surface area (Å²) in [6, 6.07) is 4.71. The van der Waals surface area contributed by atoms with Gasteiger partial charge in [0.25, 0.3) is 0 Å². The molecule has 0 heterocycles. The zero-order chi connectivity index (χ0) is 13.1. The number of sulfone groups is 1. The van der Waals surface area contributed by atoms with E-state index in [4.69, 9.17) is 29.0 Å². The molecule has 1 rings (SSSR count). The van der Waals surface area contributed by atoms with Crippen LogP contribution in [0.25, 0.3) is 0 Å². The summed E-state index contributed by atoms with van der Waals surface area (Å²) >= 11 is 12.0. The summed E-state index contributed by atoms with van der Waals surface area (Å²) in [4.78, 5) is 0. The summed E-state index contributed by atoms with van der Waals surface area (Å²) in [5, 5.41) is 0.933. The molecule has 0 fully saturated rings. The van der Waals surface area contributed by atoms with Crippen LogP contribution in [0.3, 0.4) is 0 Å². The Labute approximate surface area is 111 Å². The van der Waals surface area contributed by atoms with Crippen molar-refractivity contribution in [3.63, 3.8) is 0 Å². The van der Waals surface area contributed by atoms with Crippen molar-refractivity contribution in [1.82, 2.24) is 5.43 Å². The second kappa shape index (κ2) is 6.02. The molecule has 0 saturated carbocycles. The highest BCUT2D eigenvalue weighted by atomic mass is 35.5. The van der Waals surface area contributed by atoms with Gasteiger partial charge in [-0.2, -0.15) is 0 Å². The van der Waals surface area contributed by atoms with E-state index in [1.807, 2.05) is 0 Å². The van der Waals surface area contributed by atoms with Gasteiger partial charge in [-0.1, -0.05) is 29.3 Å². The van der Waals surface area contributed by atoms with Gasteiger partial charge in [-0.15, -0.1) is 0 Å². The molecule has 0 aliphatic carbocycles. The summed E-state index contributed by atoms with van der Waals surface area (Å²) in [6.07, 6.45) is 1.49. The highest BCUT2D eigenvalue weighted by Crippen LogP contribution is 2.31. The topological polar surface area (TPSA) is 72.2 Å². The predicted octanol–water partition coefficient (Wildman–Crippen LogP) is 1.93. The van der Waals surface area contributed by atoms with Crippen LogP contribution >= 0.6 is 23.2 Å². The molecule has 1 atom stereocenters. The lowest BCUT2D eigenvalue weighted by Crippen LogP contribution is -2.30. The molecule has 0 spiro atoms. The lowest BCUT2D eigenvalue weighted by molar-refractivity contribution is 0.531. The van der Waals surface area contributed by atoms with E-state index in [0.29, 0.717) is 22.0 Å². The van der Waals surface area contributed by atoms with E-state index in [1.54, 1.807) is 18.2 Å². The number of hydrogen-bond acceptors (Lipinski definition) is 4. The van der Waals surface area contributed by atoms with Crippen LogP contribution < -0.4 is 11.3 Å². The van der Waals surface area contributed by atoms with Crippen molar-refractivity contribution in [3.05, 3.63) is 33.8 Å². The van der Waals surface area contributed by atoms with Crippen LogP contribution in [0.15, 0.2) is 18.2 Å². The van der Waals surface area contributed by atoms with Crippen LogP contribution in [-0.2, 0) is 9.84 Å². The number of nitrogens with two attached hydrogens (primary N) is 1. The van der Waals surface area contributed by atoms with Gasteiger partial charge in [-0.25, -0.2) is 8.42 Å². The molecule has 1 aromatic rings. The molecular formula is C10H14Cl2N2O2S. The first-order chi connectivity index (χ1) is 7.85. The molecule has 0 radical (unpaired) electrons.